The van der Waals surface area contributed by atoms with Gasteiger partial charge in [0.2, 0.25) is 0 Å². The van der Waals surface area contributed by atoms with Gasteiger partial charge >= 0.3 is 10.1 Å². The van der Waals surface area contributed by atoms with Crippen LogP contribution in [0.5, 0.6) is 17.2 Å². The molecule has 26 heavy (non-hydrogen) atoms. The Morgan fingerprint density at radius 2 is 1.77 bits per heavy atom. The molecule has 3 rings (SSSR count). The van der Waals surface area contributed by atoms with Crippen molar-refractivity contribution in [3.8, 4) is 17.2 Å². The van der Waals surface area contributed by atoms with Gasteiger partial charge in [0.25, 0.3) is 0 Å². The Morgan fingerprint density at radius 1 is 1.00 bits per heavy atom. The third-order valence-electron chi connectivity index (χ3n) is 4.26. The van der Waals surface area contributed by atoms with E-state index >= 15 is 0 Å². The van der Waals surface area contributed by atoms with Gasteiger partial charge in [-0.05, 0) is 43.1 Å². The third kappa shape index (κ3) is 4.56. The lowest BCUT2D eigenvalue weighted by Gasteiger charge is -2.13. The summed E-state index contributed by atoms with van der Waals surface area (Å²) in [7, 11) is -3.56. The van der Waals surface area contributed by atoms with Crippen LogP contribution in [0.4, 0.5) is 0 Å². The molecule has 0 spiro atoms. The van der Waals surface area contributed by atoms with E-state index in [2.05, 4.69) is 17.9 Å². The molecule has 0 N–H and O–H groups in total. The maximum Gasteiger partial charge on any atom is 0.309 e. The summed E-state index contributed by atoms with van der Waals surface area (Å²) in [5.74, 6) is 1.65. The molecule has 6 heteroatoms. The smallest absolute Gasteiger partial charge is 0.309 e. The average molecular weight is 375 g/mol. The lowest BCUT2D eigenvalue weighted by molar-refractivity contribution is 0.283. The van der Waals surface area contributed by atoms with Crippen molar-refractivity contribution in [1.82, 2.24) is 4.90 Å². The van der Waals surface area contributed by atoms with E-state index in [0.717, 1.165) is 31.8 Å². The van der Waals surface area contributed by atoms with E-state index in [-0.39, 0.29) is 11.5 Å². The highest BCUT2D eigenvalue weighted by atomic mass is 32.2. The maximum atomic E-state index is 11.9. The predicted octanol–water partition coefficient (Wildman–Crippen LogP) is 4.32. The number of hydrogen-bond acceptors (Lipinski definition) is 5. The molecular formula is C20H25NO4S. The van der Waals surface area contributed by atoms with Crippen molar-refractivity contribution in [3.05, 3.63) is 53.6 Å². The molecule has 0 saturated heterocycles. The lowest BCUT2D eigenvalue weighted by Crippen LogP contribution is -2.16. The van der Waals surface area contributed by atoms with Crippen LogP contribution in [0, 0.1) is 0 Å². The Kier molecular flexibility index (Phi) is 5.84. The number of nitrogens with zero attached hydrogens (tertiary/aromatic N) is 1. The van der Waals surface area contributed by atoms with Crippen LogP contribution in [-0.2, 0) is 23.2 Å². The van der Waals surface area contributed by atoms with Gasteiger partial charge in [-0.25, -0.2) is 0 Å². The molecule has 5 nitrogen and oxygen atoms in total. The van der Waals surface area contributed by atoms with E-state index in [0.29, 0.717) is 12.2 Å². The number of hydrogen-bond donors (Lipinski definition) is 0. The number of benzene rings is 2. The zero-order valence-corrected chi connectivity index (χ0v) is 16.1. The zero-order valence-electron chi connectivity index (χ0n) is 15.3. The molecule has 0 saturated carbocycles. The number of ether oxygens (including phenoxy) is 1. The molecule has 140 valence electrons. The van der Waals surface area contributed by atoms with Crippen LogP contribution in [0.15, 0.2) is 42.5 Å². The minimum Gasteiger partial charge on any atom is -0.457 e. The molecule has 0 amide bonds. The van der Waals surface area contributed by atoms with Crippen molar-refractivity contribution >= 4 is 10.1 Å². The molecule has 0 atom stereocenters. The normalized spacial score (nSPS) is 14.2. The summed E-state index contributed by atoms with van der Waals surface area (Å²) in [6, 6.07) is 12.9. The Balaban J connectivity index is 1.77. The monoisotopic (exact) mass is 375 g/mol. The molecule has 1 aliphatic rings. The molecule has 1 aliphatic heterocycles. The third-order valence-corrected chi connectivity index (χ3v) is 5.61. The first kappa shape index (κ1) is 18.7. The van der Waals surface area contributed by atoms with Gasteiger partial charge in [0.05, 0.1) is 5.75 Å². The SMILES string of the molecule is CCCN1Cc2cccc(Oc3cccc(OS(=O)(=O)CCC)c3)c2C1. The number of rotatable bonds is 8. The summed E-state index contributed by atoms with van der Waals surface area (Å²) in [6.45, 7) is 6.86. The van der Waals surface area contributed by atoms with Gasteiger partial charge in [0, 0.05) is 24.7 Å². The predicted molar refractivity (Wildman–Crippen MR) is 102 cm³/mol. The largest absolute Gasteiger partial charge is 0.457 e. The van der Waals surface area contributed by atoms with Gasteiger partial charge in [-0.1, -0.05) is 32.0 Å². The van der Waals surface area contributed by atoms with Crippen LogP contribution < -0.4 is 8.92 Å². The topological polar surface area (TPSA) is 55.8 Å². The summed E-state index contributed by atoms with van der Waals surface area (Å²) < 4.78 is 34.9. The summed E-state index contributed by atoms with van der Waals surface area (Å²) in [6.07, 6.45) is 1.64. The van der Waals surface area contributed by atoms with Crippen LogP contribution >= 0.6 is 0 Å². The first-order valence-electron chi connectivity index (χ1n) is 9.04. The molecule has 0 aromatic heterocycles. The first-order chi connectivity index (χ1) is 12.5. The molecule has 0 unspecified atom stereocenters. The Morgan fingerprint density at radius 3 is 2.54 bits per heavy atom. The van der Waals surface area contributed by atoms with Gasteiger partial charge in [0.1, 0.15) is 17.2 Å². The summed E-state index contributed by atoms with van der Waals surface area (Å²) in [4.78, 5) is 2.40. The highest BCUT2D eigenvalue weighted by molar-refractivity contribution is 7.87. The van der Waals surface area contributed by atoms with Gasteiger partial charge < -0.3 is 8.92 Å². The zero-order chi connectivity index (χ0) is 18.6. The lowest BCUT2D eigenvalue weighted by atomic mass is 10.1. The molecule has 2 aromatic rings. The molecule has 2 aromatic carbocycles. The van der Waals surface area contributed by atoms with E-state index in [1.54, 1.807) is 31.2 Å². The molecule has 0 bridgehead atoms. The van der Waals surface area contributed by atoms with Crippen LogP contribution in [0.25, 0.3) is 0 Å². The molecule has 0 aliphatic carbocycles. The summed E-state index contributed by atoms with van der Waals surface area (Å²) in [5, 5.41) is 0. The minimum atomic E-state index is -3.56. The van der Waals surface area contributed by atoms with E-state index in [4.69, 9.17) is 8.92 Å². The fourth-order valence-corrected chi connectivity index (χ4v) is 4.16. The van der Waals surface area contributed by atoms with Crippen LogP contribution in [0.2, 0.25) is 0 Å². The highest BCUT2D eigenvalue weighted by Crippen LogP contribution is 2.34. The fraction of sp³-hybridized carbons (Fsp3) is 0.400. The van der Waals surface area contributed by atoms with Gasteiger partial charge in [-0.15, -0.1) is 0 Å². The maximum absolute atomic E-state index is 11.9. The Bertz CT molecular complexity index is 864. The minimum absolute atomic E-state index is 0.00244. The van der Waals surface area contributed by atoms with Gasteiger partial charge in [0.15, 0.2) is 0 Å². The fourth-order valence-electron chi connectivity index (χ4n) is 3.18. The van der Waals surface area contributed by atoms with E-state index in [9.17, 15) is 8.42 Å². The average Bonchev–Trinajstić information content (AvgIpc) is 2.99. The van der Waals surface area contributed by atoms with Crippen LogP contribution in [0.3, 0.4) is 0 Å². The van der Waals surface area contributed by atoms with Crippen LogP contribution in [-0.4, -0.2) is 25.6 Å². The molecule has 0 fully saturated rings. The standard InChI is InChI=1S/C20H25NO4S/c1-3-11-21-14-16-7-5-10-20(19(16)15-21)24-17-8-6-9-18(13-17)25-26(22,23)12-4-2/h5-10,13H,3-4,11-12,14-15H2,1-2H3. The van der Waals surface area contributed by atoms with E-state index in [1.165, 1.54) is 11.1 Å². The highest BCUT2D eigenvalue weighted by Gasteiger charge is 2.22. The Labute approximate surface area is 155 Å². The van der Waals surface area contributed by atoms with Crippen molar-refractivity contribution in [1.29, 1.82) is 0 Å². The molecular weight excluding hydrogens is 350 g/mol. The van der Waals surface area contributed by atoms with Crippen molar-refractivity contribution in [2.75, 3.05) is 12.3 Å². The quantitative estimate of drug-likeness (QED) is 0.643. The number of fused-ring (bicyclic) bond motifs is 1. The summed E-state index contributed by atoms with van der Waals surface area (Å²) in [5.41, 5.74) is 2.49. The van der Waals surface area contributed by atoms with Gasteiger partial charge in [-0.3, -0.25) is 4.90 Å². The van der Waals surface area contributed by atoms with Crippen molar-refractivity contribution in [2.24, 2.45) is 0 Å². The first-order valence-corrected chi connectivity index (χ1v) is 10.6. The Hall–Kier alpha value is -2.05. The van der Waals surface area contributed by atoms with E-state index < -0.39 is 10.1 Å². The molecule has 1 heterocycles. The summed E-state index contributed by atoms with van der Waals surface area (Å²) >= 11 is 0. The van der Waals surface area contributed by atoms with Crippen molar-refractivity contribution < 1.29 is 17.3 Å². The van der Waals surface area contributed by atoms with Gasteiger partial charge in [-0.2, -0.15) is 8.42 Å². The second-order valence-electron chi connectivity index (χ2n) is 6.53. The van der Waals surface area contributed by atoms with Crippen molar-refractivity contribution in [2.45, 2.75) is 39.8 Å². The second-order valence-corrected chi connectivity index (χ2v) is 8.22. The van der Waals surface area contributed by atoms with Crippen molar-refractivity contribution in [3.63, 3.8) is 0 Å². The molecule has 0 radical (unpaired) electrons. The van der Waals surface area contributed by atoms with E-state index in [1.807, 2.05) is 12.1 Å². The van der Waals surface area contributed by atoms with Crippen LogP contribution in [0.1, 0.15) is 37.8 Å². The second kappa shape index (κ2) is 8.10.